The fraction of sp³-hybridized carbons (Fsp3) is 0.0816. The summed E-state index contributed by atoms with van der Waals surface area (Å²) in [6.45, 7) is 3.34. The molecule has 0 fully saturated rings. The van der Waals surface area contributed by atoms with Crippen LogP contribution in [-0.2, 0) is 13.9 Å². The first-order valence-corrected chi connectivity index (χ1v) is 22.3. The number of hydrogen-bond acceptors (Lipinski definition) is 4. The molecule has 0 atom stereocenters. The summed E-state index contributed by atoms with van der Waals surface area (Å²) in [5.74, 6) is -5.62. The zero-order valence-electron chi connectivity index (χ0n) is 33.6. The Bertz CT molecular complexity index is 2510. The van der Waals surface area contributed by atoms with Crippen LogP contribution in [0.4, 0.5) is 35.1 Å². The molecule has 0 heterocycles. The first-order chi connectivity index (χ1) is 30.0. The van der Waals surface area contributed by atoms with Crippen molar-refractivity contribution < 1.29 is 104 Å². The van der Waals surface area contributed by atoms with E-state index in [0.717, 1.165) is 37.6 Å². The number of carbonyl (C=O) groups is 1. The second kappa shape index (κ2) is 25.1. The third-order valence-electron chi connectivity index (χ3n) is 9.01. The minimum absolute atomic E-state index is 0. The number of allylic oxidation sites excluding steroid dienone is 7. The standard InChI is InChI=1S/C24H18FOP.C20H20FOP.C5H2F6O2.Eu/c25-20-17-15-19(16-18-20)23-13-7-8-14-24(23)27(26,21-9-3-1-4-10-21)22-11-5-2-6-12-22;1-2-18(12-10-5-11-17-21)23(22,19-13-6-3-7-14-19)20-15-8-4-9-16-20;6-4(7,8)2(12)1-3(13)5(9,10)11;/h1-18H;2-9,11-16H,1,10,17H2;1,12H;/b;11-5-,18-12-;2-1-;. The molecule has 0 aliphatic heterocycles. The molecule has 6 rings (SSSR count). The summed E-state index contributed by atoms with van der Waals surface area (Å²) in [5.41, 5.74) is 1.70. The molecule has 0 aliphatic carbocycles. The molecule has 0 bridgehead atoms. The van der Waals surface area contributed by atoms with Crippen molar-refractivity contribution in [3.8, 4) is 11.1 Å². The molecule has 0 amide bonds. The van der Waals surface area contributed by atoms with Gasteiger partial charge in [-0.15, -0.1) is 0 Å². The zero-order chi connectivity index (χ0) is 46.1. The van der Waals surface area contributed by atoms with Crippen molar-refractivity contribution in [3.05, 3.63) is 224 Å². The molecule has 0 aromatic heterocycles. The fourth-order valence-corrected chi connectivity index (χ4v) is 11.6. The average molecular weight is 1060 g/mol. The normalized spacial score (nSPS) is 12.2. The van der Waals surface area contributed by atoms with Crippen LogP contribution >= 0.6 is 14.3 Å². The van der Waals surface area contributed by atoms with E-state index < -0.39 is 50.9 Å². The maximum absolute atomic E-state index is 14.6. The van der Waals surface area contributed by atoms with Crippen molar-refractivity contribution in [3.63, 3.8) is 0 Å². The third kappa shape index (κ3) is 14.4. The van der Waals surface area contributed by atoms with Gasteiger partial charge in [-0.1, -0.05) is 189 Å². The van der Waals surface area contributed by atoms with Gasteiger partial charge in [0, 0.05) is 87.3 Å². The van der Waals surface area contributed by atoms with Crippen molar-refractivity contribution in [1.82, 2.24) is 0 Å². The van der Waals surface area contributed by atoms with Gasteiger partial charge in [0.25, 0.3) is 5.78 Å². The molecule has 0 unspecified atom stereocenters. The summed E-state index contributed by atoms with van der Waals surface area (Å²) in [7, 11) is -6.05. The number of alkyl halides is 7. The average Bonchev–Trinajstić information content (AvgIpc) is 3.30. The van der Waals surface area contributed by atoms with Crippen molar-refractivity contribution in [1.29, 1.82) is 0 Å². The van der Waals surface area contributed by atoms with Gasteiger partial charge in [-0.05, 0) is 29.7 Å². The molecule has 333 valence electrons. The molecule has 1 radical (unpaired) electrons. The predicted octanol–water partition coefficient (Wildman–Crippen LogP) is 12.2. The van der Waals surface area contributed by atoms with Gasteiger partial charge in [-0.3, -0.25) is 4.79 Å². The Morgan fingerprint density at radius 3 is 1.42 bits per heavy atom. The van der Waals surface area contributed by atoms with E-state index in [-0.39, 0.29) is 55.2 Å². The second-order valence-corrected chi connectivity index (χ2v) is 18.7. The first kappa shape index (κ1) is 53.6. The van der Waals surface area contributed by atoms with Crippen molar-refractivity contribution in [2.45, 2.75) is 18.8 Å². The molecule has 6 aromatic rings. The summed E-state index contributed by atoms with van der Waals surface area (Å²) in [5, 5.41) is 12.5. The van der Waals surface area contributed by atoms with E-state index in [1.54, 1.807) is 24.3 Å². The molecule has 1 N–H and O–H groups in total. The number of ketones is 1. The summed E-state index contributed by atoms with van der Waals surface area (Å²) >= 11 is 0. The molecule has 0 aliphatic rings. The number of aliphatic hydroxyl groups excluding tert-OH is 1. The Morgan fingerprint density at radius 2 is 1.02 bits per heavy atom. The van der Waals surface area contributed by atoms with Crippen LogP contribution in [0, 0.1) is 55.2 Å². The number of hydrogen-bond donors (Lipinski definition) is 1. The van der Waals surface area contributed by atoms with Gasteiger partial charge in [-0.25, -0.2) is 8.78 Å². The maximum Gasteiger partial charge on any atom is 0.454 e. The number of rotatable bonds is 12. The minimum atomic E-state index is -5.42. The topological polar surface area (TPSA) is 71.4 Å². The molecular formula is C49H40EuF8O4P2. The van der Waals surface area contributed by atoms with Crippen LogP contribution in [0.5, 0.6) is 0 Å². The smallest absolute Gasteiger partial charge is 0.454 e. The van der Waals surface area contributed by atoms with Crippen molar-refractivity contribution in [2.24, 2.45) is 0 Å². The quantitative estimate of drug-likeness (QED) is 0.0331. The van der Waals surface area contributed by atoms with Crippen LogP contribution in [0.1, 0.15) is 6.42 Å². The minimum Gasteiger partial charge on any atom is -0.504 e. The Morgan fingerprint density at radius 1 is 0.594 bits per heavy atom. The number of aliphatic hydroxyl groups is 1. The molecular weight excluding hydrogens is 1020 g/mol. The van der Waals surface area contributed by atoms with E-state index in [0.29, 0.717) is 11.7 Å². The Balaban J connectivity index is 0.000000269. The van der Waals surface area contributed by atoms with E-state index in [1.807, 2.05) is 152 Å². The van der Waals surface area contributed by atoms with Gasteiger partial charge in [0.15, 0.2) is 14.3 Å². The fourth-order valence-electron chi connectivity index (χ4n) is 6.02. The van der Waals surface area contributed by atoms with Crippen molar-refractivity contribution >= 4 is 46.6 Å². The van der Waals surface area contributed by atoms with Crippen LogP contribution in [0.25, 0.3) is 11.1 Å². The Kier molecular flexibility index (Phi) is 21.0. The Hall–Kier alpha value is -4.77. The van der Waals surface area contributed by atoms with E-state index in [4.69, 9.17) is 5.11 Å². The van der Waals surface area contributed by atoms with E-state index >= 15 is 0 Å². The van der Waals surface area contributed by atoms with Gasteiger partial charge in [0.1, 0.15) is 12.5 Å². The van der Waals surface area contributed by atoms with Gasteiger partial charge in [0.2, 0.25) is 5.76 Å². The molecule has 15 heteroatoms. The molecule has 64 heavy (non-hydrogen) atoms. The van der Waals surface area contributed by atoms with E-state index in [2.05, 4.69) is 6.58 Å². The zero-order valence-corrected chi connectivity index (χ0v) is 37.9. The molecule has 0 saturated carbocycles. The molecule has 4 nitrogen and oxygen atoms in total. The van der Waals surface area contributed by atoms with Gasteiger partial charge < -0.3 is 14.2 Å². The number of benzene rings is 6. The largest absolute Gasteiger partial charge is 0.504 e. The summed E-state index contributed by atoms with van der Waals surface area (Å²) in [6, 6.07) is 52.0. The van der Waals surface area contributed by atoms with E-state index in [9.17, 15) is 49.0 Å². The van der Waals surface area contributed by atoms with Gasteiger partial charge in [0.05, 0.1) is 0 Å². The second-order valence-electron chi connectivity index (χ2n) is 13.2. The van der Waals surface area contributed by atoms with Crippen LogP contribution in [0.3, 0.4) is 0 Å². The van der Waals surface area contributed by atoms with E-state index in [1.165, 1.54) is 18.2 Å². The van der Waals surface area contributed by atoms with Crippen LogP contribution in [-0.4, -0.2) is 29.9 Å². The number of carbonyl (C=O) groups excluding carboxylic acids is 1. The van der Waals surface area contributed by atoms with Crippen LogP contribution < -0.4 is 26.5 Å². The molecule has 6 aromatic carbocycles. The summed E-state index contributed by atoms with van der Waals surface area (Å²) in [6.07, 6.45) is -4.48. The van der Waals surface area contributed by atoms with Crippen molar-refractivity contribution in [2.75, 3.05) is 6.67 Å². The first-order valence-electron chi connectivity index (χ1n) is 18.9. The number of halogens is 8. The van der Waals surface area contributed by atoms with Crippen LogP contribution in [0.2, 0.25) is 0 Å². The van der Waals surface area contributed by atoms with Gasteiger partial charge >= 0.3 is 12.4 Å². The molecule has 0 saturated heterocycles. The monoisotopic (exact) mass is 1060 g/mol. The SMILES string of the molecule is C=C/C(=C/C/C=C\CF)P(=O)(c1ccccc1)c1ccccc1.O=C(/C=C(\O)C(F)(F)F)C(F)(F)F.O=P(c1ccccc1)(c1ccccc1)c1ccccc1-c1ccc(F)cc1.[Eu]. The molecule has 0 spiro atoms. The summed E-state index contributed by atoms with van der Waals surface area (Å²) < 4.78 is 122. The van der Waals surface area contributed by atoms with Crippen LogP contribution in [0.15, 0.2) is 218 Å². The predicted molar refractivity (Wildman–Crippen MR) is 237 cm³/mol. The Labute approximate surface area is 407 Å². The summed E-state index contributed by atoms with van der Waals surface area (Å²) in [4.78, 5) is 9.86. The maximum atomic E-state index is 14.6. The van der Waals surface area contributed by atoms with Gasteiger partial charge in [-0.2, -0.15) is 26.3 Å². The third-order valence-corrected chi connectivity index (χ3v) is 15.3.